The van der Waals surface area contributed by atoms with Crippen molar-refractivity contribution >= 4 is 5.65 Å². The molecule has 0 saturated carbocycles. The molecule has 0 bridgehead atoms. The predicted molar refractivity (Wildman–Crippen MR) is 62.3 cm³/mol. The second-order valence-corrected chi connectivity index (χ2v) is 4.47. The number of nitrogens with one attached hydrogen (secondary N) is 1. The molecule has 2 aromatic heterocycles. The summed E-state index contributed by atoms with van der Waals surface area (Å²) in [6, 6.07) is 0. The van der Waals surface area contributed by atoms with Gasteiger partial charge in [-0.05, 0) is 38.3 Å². The maximum Gasteiger partial charge on any atom is 0.155 e. The van der Waals surface area contributed by atoms with Crippen molar-refractivity contribution in [3.63, 3.8) is 0 Å². The molecular formula is C12H16N4. The van der Waals surface area contributed by atoms with Crippen LogP contribution in [0.1, 0.15) is 18.5 Å². The first-order valence-corrected chi connectivity index (χ1v) is 5.90. The number of imidazole rings is 1. The van der Waals surface area contributed by atoms with E-state index in [1.165, 1.54) is 25.1 Å². The Morgan fingerprint density at radius 3 is 3.31 bits per heavy atom. The second-order valence-electron chi connectivity index (χ2n) is 4.47. The van der Waals surface area contributed by atoms with Crippen molar-refractivity contribution in [2.24, 2.45) is 5.92 Å². The Bertz CT molecular complexity index is 471. The summed E-state index contributed by atoms with van der Waals surface area (Å²) in [5.41, 5.74) is 2.21. The summed E-state index contributed by atoms with van der Waals surface area (Å²) in [7, 11) is 0. The molecule has 0 spiro atoms. The van der Waals surface area contributed by atoms with E-state index in [0.717, 1.165) is 24.5 Å². The number of fused-ring (bicyclic) bond motifs is 1. The van der Waals surface area contributed by atoms with Crippen LogP contribution in [0, 0.1) is 5.92 Å². The van der Waals surface area contributed by atoms with E-state index in [1.54, 1.807) is 0 Å². The molecule has 4 heteroatoms. The molecule has 1 unspecified atom stereocenters. The first-order chi connectivity index (χ1) is 7.93. The summed E-state index contributed by atoms with van der Waals surface area (Å²) in [4.78, 5) is 8.50. The van der Waals surface area contributed by atoms with Gasteiger partial charge in [-0.2, -0.15) is 0 Å². The molecule has 1 fully saturated rings. The van der Waals surface area contributed by atoms with Gasteiger partial charge in [0.25, 0.3) is 0 Å². The Morgan fingerprint density at radius 1 is 1.44 bits per heavy atom. The van der Waals surface area contributed by atoms with Crippen LogP contribution in [-0.4, -0.2) is 27.5 Å². The second kappa shape index (κ2) is 4.22. The van der Waals surface area contributed by atoms with Gasteiger partial charge in [0.15, 0.2) is 5.65 Å². The standard InChI is InChI=1S/C12H16N4/c1-2-10(7-13-3-1)6-11-8-14-9-12-15-4-5-16(11)12/h4-5,8-10,13H,1-3,6-7H2. The van der Waals surface area contributed by atoms with Crippen LogP contribution in [0.5, 0.6) is 0 Å². The Kier molecular flexibility index (Phi) is 2.58. The Morgan fingerprint density at radius 2 is 2.44 bits per heavy atom. The summed E-state index contributed by atoms with van der Waals surface area (Å²) in [5, 5.41) is 3.45. The van der Waals surface area contributed by atoms with E-state index in [-0.39, 0.29) is 0 Å². The third kappa shape index (κ3) is 1.80. The SMILES string of the molecule is c1cn2c(CC3CCCNC3)cncc2n1. The highest BCUT2D eigenvalue weighted by molar-refractivity contribution is 5.36. The minimum atomic E-state index is 0.739. The van der Waals surface area contributed by atoms with Gasteiger partial charge in [0.1, 0.15) is 0 Å². The number of hydrogen-bond donors (Lipinski definition) is 1. The van der Waals surface area contributed by atoms with Gasteiger partial charge in [-0.15, -0.1) is 0 Å². The summed E-state index contributed by atoms with van der Waals surface area (Å²) in [6.45, 7) is 2.30. The minimum Gasteiger partial charge on any atom is -0.316 e. The van der Waals surface area contributed by atoms with Crippen LogP contribution in [0.3, 0.4) is 0 Å². The van der Waals surface area contributed by atoms with Gasteiger partial charge in [0, 0.05) is 24.3 Å². The van der Waals surface area contributed by atoms with Crippen LogP contribution in [0.4, 0.5) is 0 Å². The van der Waals surface area contributed by atoms with E-state index >= 15 is 0 Å². The molecule has 4 nitrogen and oxygen atoms in total. The van der Waals surface area contributed by atoms with Crippen molar-refractivity contribution in [1.29, 1.82) is 0 Å². The van der Waals surface area contributed by atoms with Crippen LogP contribution >= 0.6 is 0 Å². The molecule has 1 aliphatic rings. The molecule has 3 heterocycles. The quantitative estimate of drug-likeness (QED) is 0.822. The largest absolute Gasteiger partial charge is 0.316 e. The van der Waals surface area contributed by atoms with Crippen LogP contribution in [-0.2, 0) is 6.42 Å². The Labute approximate surface area is 94.7 Å². The van der Waals surface area contributed by atoms with Crippen LogP contribution in [0.25, 0.3) is 5.65 Å². The number of aromatic nitrogens is 3. The molecule has 84 valence electrons. The van der Waals surface area contributed by atoms with Crippen molar-refractivity contribution in [3.8, 4) is 0 Å². The molecule has 2 aromatic rings. The highest BCUT2D eigenvalue weighted by atomic mass is 15.0. The lowest BCUT2D eigenvalue weighted by Gasteiger charge is -2.22. The van der Waals surface area contributed by atoms with Crippen molar-refractivity contribution in [2.45, 2.75) is 19.3 Å². The molecule has 3 rings (SSSR count). The van der Waals surface area contributed by atoms with E-state index in [0.29, 0.717) is 0 Å². The fourth-order valence-electron chi connectivity index (χ4n) is 2.45. The smallest absolute Gasteiger partial charge is 0.155 e. The molecule has 0 aromatic carbocycles. The van der Waals surface area contributed by atoms with E-state index in [9.17, 15) is 0 Å². The van der Waals surface area contributed by atoms with Gasteiger partial charge in [-0.1, -0.05) is 0 Å². The fraction of sp³-hybridized carbons (Fsp3) is 0.500. The topological polar surface area (TPSA) is 42.2 Å². The third-order valence-corrected chi connectivity index (χ3v) is 3.29. The first kappa shape index (κ1) is 9.78. The summed E-state index contributed by atoms with van der Waals surface area (Å²) in [6.07, 6.45) is 11.3. The molecule has 16 heavy (non-hydrogen) atoms. The molecule has 0 radical (unpaired) electrons. The van der Waals surface area contributed by atoms with Crippen molar-refractivity contribution in [2.75, 3.05) is 13.1 Å². The van der Waals surface area contributed by atoms with Crippen molar-refractivity contribution in [3.05, 3.63) is 30.5 Å². The third-order valence-electron chi connectivity index (χ3n) is 3.29. The predicted octanol–water partition coefficient (Wildman–Crippen LogP) is 1.27. The molecule has 1 saturated heterocycles. The monoisotopic (exact) mass is 216 g/mol. The van der Waals surface area contributed by atoms with Gasteiger partial charge in [0.2, 0.25) is 0 Å². The maximum absolute atomic E-state index is 4.26. The maximum atomic E-state index is 4.26. The summed E-state index contributed by atoms with van der Waals surface area (Å²) >= 11 is 0. The van der Waals surface area contributed by atoms with Gasteiger partial charge >= 0.3 is 0 Å². The van der Waals surface area contributed by atoms with Crippen LogP contribution in [0.2, 0.25) is 0 Å². The van der Waals surface area contributed by atoms with E-state index < -0.39 is 0 Å². The van der Waals surface area contributed by atoms with Crippen molar-refractivity contribution < 1.29 is 0 Å². The fourth-order valence-corrected chi connectivity index (χ4v) is 2.45. The van der Waals surface area contributed by atoms with Crippen molar-refractivity contribution in [1.82, 2.24) is 19.7 Å². The average molecular weight is 216 g/mol. The van der Waals surface area contributed by atoms with Crippen LogP contribution in [0.15, 0.2) is 24.8 Å². The molecule has 1 N–H and O–H groups in total. The minimum absolute atomic E-state index is 0.739. The number of hydrogen-bond acceptors (Lipinski definition) is 3. The zero-order chi connectivity index (χ0) is 10.8. The van der Waals surface area contributed by atoms with E-state index in [2.05, 4.69) is 19.7 Å². The lowest BCUT2D eigenvalue weighted by atomic mass is 9.95. The molecule has 0 amide bonds. The normalized spacial score (nSPS) is 21.4. The molecule has 1 aliphatic heterocycles. The number of nitrogens with zero attached hydrogens (tertiary/aromatic N) is 3. The summed E-state index contributed by atoms with van der Waals surface area (Å²) in [5.74, 6) is 0.739. The van der Waals surface area contributed by atoms with Crippen LogP contribution < -0.4 is 5.32 Å². The van der Waals surface area contributed by atoms with Gasteiger partial charge in [0.05, 0.1) is 6.20 Å². The summed E-state index contributed by atoms with van der Waals surface area (Å²) < 4.78 is 2.14. The first-order valence-electron chi connectivity index (χ1n) is 5.90. The van der Waals surface area contributed by atoms with Gasteiger partial charge in [-0.3, -0.25) is 4.98 Å². The molecule has 0 aliphatic carbocycles. The van der Waals surface area contributed by atoms with Gasteiger partial charge in [-0.25, -0.2) is 4.98 Å². The molecular weight excluding hydrogens is 200 g/mol. The zero-order valence-electron chi connectivity index (χ0n) is 9.26. The lowest BCUT2D eigenvalue weighted by Crippen LogP contribution is -2.31. The highest BCUT2D eigenvalue weighted by Crippen LogP contribution is 2.16. The highest BCUT2D eigenvalue weighted by Gasteiger charge is 2.14. The number of piperidine rings is 1. The molecule has 1 atom stereocenters. The Balaban J connectivity index is 1.85. The Hall–Kier alpha value is -1.42. The number of rotatable bonds is 2. The lowest BCUT2D eigenvalue weighted by molar-refractivity contribution is 0.372. The van der Waals surface area contributed by atoms with Gasteiger partial charge < -0.3 is 9.72 Å². The van der Waals surface area contributed by atoms with E-state index in [1.807, 2.05) is 24.8 Å². The average Bonchev–Trinajstić information content (AvgIpc) is 2.80. The zero-order valence-corrected chi connectivity index (χ0v) is 9.26. The van der Waals surface area contributed by atoms with E-state index in [4.69, 9.17) is 0 Å².